The lowest BCUT2D eigenvalue weighted by Crippen LogP contribution is -2.88. The first-order valence-corrected chi connectivity index (χ1v) is 14.2. The zero-order valence-electron chi connectivity index (χ0n) is 23.4. The number of carbonyl (C=O) groups is 5. The van der Waals surface area contributed by atoms with E-state index in [0.29, 0.717) is 23.3 Å². The third kappa shape index (κ3) is 4.92. The van der Waals surface area contributed by atoms with Crippen LogP contribution in [0.5, 0.6) is 0 Å². The molecule has 0 amide bonds. The number of aromatic nitrogens is 4. The molecule has 4 heterocycles. The van der Waals surface area contributed by atoms with Gasteiger partial charge < -0.3 is 30.5 Å². The number of aliphatic hydroxyl groups is 4. The molecule has 1 saturated heterocycles. The number of aliphatic hydroxyl groups excluding tert-OH is 1. The summed E-state index contributed by atoms with van der Waals surface area (Å²) in [6.45, 7) is 4.72. The first kappa shape index (κ1) is 32.2. The lowest BCUT2D eigenvalue weighted by Gasteiger charge is -2.58. The van der Waals surface area contributed by atoms with Gasteiger partial charge in [-0.1, -0.05) is 11.3 Å². The monoisotopic (exact) mass is 633 g/mol. The highest BCUT2D eigenvalue weighted by molar-refractivity contribution is 7.20. The molecule has 0 saturated carbocycles. The Labute approximate surface area is 251 Å². The van der Waals surface area contributed by atoms with Crippen molar-refractivity contribution in [2.75, 3.05) is 5.32 Å². The maximum atomic E-state index is 13.3. The van der Waals surface area contributed by atoms with E-state index in [0.717, 1.165) is 43.4 Å². The Hall–Kier alpha value is -3.71. The van der Waals surface area contributed by atoms with E-state index in [1.807, 2.05) is 0 Å². The van der Waals surface area contributed by atoms with Crippen LogP contribution >= 0.6 is 22.7 Å². The zero-order chi connectivity index (χ0) is 32.1. The quantitative estimate of drug-likeness (QED) is 0.179. The van der Waals surface area contributed by atoms with E-state index in [1.165, 1.54) is 24.8 Å². The topological polar surface area (TPSA) is 239 Å². The van der Waals surface area contributed by atoms with Crippen LogP contribution in [0.25, 0.3) is 10.7 Å². The normalized spacial score (nSPS) is 27.7. The van der Waals surface area contributed by atoms with E-state index >= 15 is 0 Å². The van der Waals surface area contributed by atoms with Crippen LogP contribution in [0.3, 0.4) is 0 Å². The molecule has 1 aliphatic heterocycles. The fourth-order valence-corrected chi connectivity index (χ4v) is 6.74. The summed E-state index contributed by atoms with van der Waals surface area (Å²) in [5, 5.41) is 48.1. The minimum absolute atomic E-state index is 0.0736. The second-order valence-electron chi connectivity index (χ2n) is 9.93. The Morgan fingerprint density at radius 3 is 2.12 bits per heavy atom. The molecule has 0 aliphatic carbocycles. The molecule has 3 aromatic rings. The summed E-state index contributed by atoms with van der Waals surface area (Å²) in [6.07, 6.45) is -1.13. The zero-order valence-corrected chi connectivity index (χ0v) is 25.0. The maximum absolute atomic E-state index is 13.3. The molecule has 17 heteroatoms. The standard InChI is InChI=1S/C26H27N5O10S2/c1-10-19(43-21(30-10)15-8-27-6-7-28-15)18(37)16-9-29-23(42-16)31-22-25(39,13(4)34)26(40,14(5)35)24(38,12(3)33)20(41-22)17(36)11(2)32/h6-9,17,20,22,36,38-40H,1-5H3,(H,29,31)/t17?,20-,22-,24-,25-,26+/m1/s1. The third-order valence-corrected chi connectivity index (χ3v) is 9.34. The van der Waals surface area contributed by atoms with Gasteiger partial charge in [0.2, 0.25) is 17.0 Å². The van der Waals surface area contributed by atoms with E-state index < -0.39 is 64.2 Å². The van der Waals surface area contributed by atoms with Crippen molar-refractivity contribution < 1.29 is 49.1 Å². The Balaban J connectivity index is 1.75. The van der Waals surface area contributed by atoms with Crippen molar-refractivity contribution in [3.63, 3.8) is 0 Å². The van der Waals surface area contributed by atoms with Crippen molar-refractivity contribution in [1.82, 2.24) is 19.9 Å². The summed E-state index contributed by atoms with van der Waals surface area (Å²) in [4.78, 5) is 80.9. The number of ether oxygens (including phenoxy) is 1. The predicted molar refractivity (Wildman–Crippen MR) is 149 cm³/mol. The summed E-state index contributed by atoms with van der Waals surface area (Å²) >= 11 is 1.81. The number of hydrogen-bond acceptors (Lipinski definition) is 17. The molecule has 3 aromatic heterocycles. The summed E-state index contributed by atoms with van der Waals surface area (Å²) in [5.41, 5.74) is -9.54. The van der Waals surface area contributed by atoms with Gasteiger partial charge in [-0.2, -0.15) is 0 Å². The Morgan fingerprint density at radius 1 is 0.930 bits per heavy atom. The lowest BCUT2D eigenvalue weighted by atomic mass is 9.59. The molecule has 5 N–H and O–H groups in total. The molecule has 0 bridgehead atoms. The maximum Gasteiger partial charge on any atom is 0.216 e. The lowest BCUT2D eigenvalue weighted by molar-refractivity contribution is -0.322. The molecule has 1 fully saturated rings. The molecule has 0 aromatic carbocycles. The average molecular weight is 634 g/mol. The minimum Gasteiger partial charge on any atom is -0.382 e. The molecular weight excluding hydrogens is 606 g/mol. The van der Waals surface area contributed by atoms with E-state index in [2.05, 4.69) is 25.3 Å². The van der Waals surface area contributed by atoms with E-state index in [1.54, 1.807) is 6.92 Å². The van der Waals surface area contributed by atoms with Crippen LogP contribution < -0.4 is 5.32 Å². The molecule has 43 heavy (non-hydrogen) atoms. The molecule has 228 valence electrons. The van der Waals surface area contributed by atoms with Gasteiger partial charge in [-0.05, 0) is 34.6 Å². The Bertz CT molecular complexity index is 1630. The Morgan fingerprint density at radius 2 is 1.58 bits per heavy atom. The van der Waals surface area contributed by atoms with Crippen molar-refractivity contribution in [3.05, 3.63) is 40.2 Å². The van der Waals surface area contributed by atoms with Gasteiger partial charge in [0.05, 0.1) is 27.8 Å². The minimum atomic E-state index is -3.61. The Kier molecular flexibility index (Phi) is 8.55. The van der Waals surface area contributed by atoms with Gasteiger partial charge in [0.1, 0.15) is 22.9 Å². The van der Waals surface area contributed by atoms with Gasteiger partial charge in [0, 0.05) is 12.4 Å². The molecule has 0 radical (unpaired) electrons. The average Bonchev–Trinajstić information content (AvgIpc) is 3.59. The second kappa shape index (κ2) is 11.4. The summed E-state index contributed by atoms with van der Waals surface area (Å²) in [5.74, 6) is -5.63. The van der Waals surface area contributed by atoms with Crippen molar-refractivity contribution in [3.8, 4) is 10.7 Å². The number of Topliss-reactive ketones (excluding diaryl/α,β-unsaturated/α-hetero) is 4. The number of ketones is 5. The molecule has 15 nitrogen and oxygen atoms in total. The highest BCUT2D eigenvalue weighted by atomic mass is 32.1. The number of hydrogen-bond donors (Lipinski definition) is 5. The fraction of sp³-hybridized carbons (Fsp3) is 0.423. The van der Waals surface area contributed by atoms with Crippen LogP contribution in [0.1, 0.15) is 47.9 Å². The number of carbonyl (C=O) groups excluding carboxylic acids is 5. The highest BCUT2D eigenvalue weighted by Crippen LogP contribution is 2.48. The fourth-order valence-electron chi connectivity index (χ4n) is 4.91. The van der Waals surface area contributed by atoms with Gasteiger partial charge in [0.15, 0.2) is 40.1 Å². The summed E-state index contributed by atoms with van der Waals surface area (Å²) < 4.78 is 5.56. The summed E-state index contributed by atoms with van der Waals surface area (Å²) in [7, 11) is 0. The van der Waals surface area contributed by atoms with Gasteiger partial charge in [-0.25, -0.2) is 9.97 Å². The first-order chi connectivity index (χ1) is 20.0. The number of anilines is 1. The van der Waals surface area contributed by atoms with Gasteiger partial charge in [0.25, 0.3) is 0 Å². The van der Waals surface area contributed by atoms with Gasteiger partial charge in [-0.15, -0.1) is 11.3 Å². The van der Waals surface area contributed by atoms with Crippen LogP contribution in [0.15, 0.2) is 24.8 Å². The summed E-state index contributed by atoms with van der Waals surface area (Å²) in [6, 6.07) is 0. The van der Waals surface area contributed by atoms with Crippen molar-refractivity contribution in [2.24, 2.45) is 0 Å². The predicted octanol–water partition coefficient (Wildman–Crippen LogP) is -0.357. The SMILES string of the molecule is CC(=O)C(O)[C@H]1O[C@@H](Nc2ncc(C(=O)c3sc(-c4cnccn4)nc3C)s2)[C@](O)(C(C)=O)[C@](O)(C(C)=O)[C@@]1(O)C(C)=O. The molecule has 6 atom stereocenters. The largest absolute Gasteiger partial charge is 0.382 e. The number of rotatable bonds is 10. The number of nitrogens with one attached hydrogen (secondary N) is 1. The number of thiazole rings is 2. The highest BCUT2D eigenvalue weighted by Gasteiger charge is 2.79. The first-order valence-electron chi connectivity index (χ1n) is 12.6. The number of nitrogens with zero attached hydrogens (tertiary/aromatic N) is 4. The van der Waals surface area contributed by atoms with E-state index in [9.17, 15) is 44.4 Å². The molecule has 4 rings (SSSR count). The van der Waals surface area contributed by atoms with Crippen molar-refractivity contribution >= 4 is 56.7 Å². The second-order valence-corrected chi connectivity index (χ2v) is 12.0. The third-order valence-electron chi connectivity index (χ3n) is 7.23. The molecule has 0 spiro atoms. The van der Waals surface area contributed by atoms with E-state index in [4.69, 9.17) is 4.74 Å². The molecule has 1 unspecified atom stereocenters. The van der Waals surface area contributed by atoms with Crippen LogP contribution in [0.4, 0.5) is 5.13 Å². The molecule has 1 aliphatic rings. The number of aryl methyl sites for hydroxylation is 1. The van der Waals surface area contributed by atoms with Crippen LogP contribution in [-0.4, -0.2) is 105 Å². The van der Waals surface area contributed by atoms with Crippen molar-refractivity contribution in [2.45, 2.75) is 69.9 Å². The van der Waals surface area contributed by atoms with E-state index in [-0.39, 0.29) is 14.9 Å². The van der Waals surface area contributed by atoms with Gasteiger partial charge in [-0.3, -0.25) is 33.9 Å². The smallest absolute Gasteiger partial charge is 0.216 e. The van der Waals surface area contributed by atoms with Crippen molar-refractivity contribution in [1.29, 1.82) is 0 Å². The van der Waals surface area contributed by atoms with Crippen LogP contribution in [0.2, 0.25) is 0 Å². The van der Waals surface area contributed by atoms with Crippen LogP contribution in [0, 0.1) is 6.92 Å². The van der Waals surface area contributed by atoms with Crippen LogP contribution in [-0.2, 0) is 23.9 Å². The van der Waals surface area contributed by atoms with Gasteiger partial charge >= 0.3 is 0 Å². The molecular formula is C26H27N5O10S2.